The van der Waals surface area contributed by atoms with Gasteiger partial charge in [-0.25, -0.2) is 19.1 Å². The van der Waals surface area contributed by atoms with Crippen molar-refractivity contribution in [2.24, 2.45) is 13.0 Å². The molecule has 5 atom stereocenters. The maximum absolute atomic E-state index is 14.4. The lowest BCUT2D eigenvalue weighted by Crippen LogP contribution is -2.58. The number of carbonyl (C=O) groups excluding carboxylic acids is 5. The first-order valence-corrected chi connectivity index (χ1v) is 20.1. The maximum atomic E-state index is 14.4. The summed E-state index contributed by atoms with van der Waals surface area (Å²) in [4.78, 5) is 83.4. The minimum atomic E-state index is -4.61. The summed E-state index contributed by atoms with van der Waals surface area (Å²) in [7, 11) is -3.38. The Morgan fingerprint density at radius 2 is 1.70 bits per heavy atom. The lowest BCUT2D eigenvalue weighted by atomic mass is 10.0. The number of aromatic carboxylic acids is 1. The molecule has 2 aromatic rings. The van der Waals surface area contributed by atoms with Crippen molar-refractivity contribution in [2.75, 3.05) is 6.54 Å². The number of sulfonamides is 1. The fourth-order valence-corrected chi connectivity index (χ4v) is 8.77. The Bertz CT molecular complexity index is 2030. The Hall–Kier alpha value is -5.39. The molecule has 4 N–H and O–H groups in total. The fourth-order valence-electron chi connectivity index (χ4n) is 7.54. The lowest BCUT2D eigenvalue weighted by Gasteiger charge is -2.30. The van der Waals surface area contributed by atoms with E-state index in [1.807, 2.05) is 35.1 Å². The van der Waals surface area contributed by atoms with Crippen LogP contribution in [0.15, 0.2) is 53.6 Å². The van der Waals surface area contributed by atoms with Crippen LogP contribution in [0, 0.1) is 5.92 Å². The Labute approximate surface area is 324 Å². The van der Waals surface area contributed by atoms with Crippen molar-refractivity contribution in [3.8, 4) is 0 Å². The quantitative estimate of drug-likeness (QED) is 0.311. The number of amides is 5. The molecule has 0 bridgehead atoms. The zero-order valence-electron chi connectivity index (χ0n) is 31.8. The van der Waals surface area contributed by atoms with Gasteiger partial charge in [0.25, 0.3) is 15.9 Å². The molecule has 2 fully saturated rings. The number of carboxylic acids is 1. The Morgan fingerprint density at radius 1 is 1.00 bits per heavy atom. The van der Waals surface area contributed by atoms with Crippen molar-refractivity contribution in [3.63, 3.8) is 0 Å². The molecule has 4 heterocycles. The molecule has 1 aliphatic carbocycles. The fraction of sp³-hybridized carbons (Fsp3) is 0.526. The SMILES string of the molecule is Cn1c(C(=O)O)ccc1S(=O)(=O)NC(=O)[C@@]12C[C@H]1/C=C\CCCCC[C@H](NC(=O)OC(C)(C)C)C(=O)N1C[C@H](OC(=O)N3Cc4ccccc4C3)C[C@H]1C(=O)N2. The zero-order chi connectivity index (χ0) is 40.6. The van der Waals surface area contributed by atoms with Gasteiger partial charge in [0.05, 0.1) is 6.54 Å². The molecule has 1 saturated heterocycles. The monoisotopic (exact) mass is 796 g/mol. The highest BCUT2D eigenvalue weighted by Gasteiger charge is 2.62. The first-order chi connectivity index (χ1) is 26.4. The Balaban J connectivity index is 1.27. The number of rotatable bonds is 6. The second-order valence-electron chi connectivity index (χ2n) is 15.8. The number of alkyl carbamates (subject to hydrolysis) is 1. The van der Waals surface area contributed by atoms with E-state index in [-0.39, 0.29) is 31.5 Å². The van der Waals surface area contributed by atoms with Crippen molar-refractivity contribution < 1.29 is 51.8 Å². The van der Waals surface area contributed by atoms with Crippen LogP contribution < -0.4 is 15.4 Å². The van der Waals surface area contributed by atoms with E-state index in [1.54, 1.807) is 26.8 Å². The summed E-state index contributed by atoms with van der Waals surface area (Å²) in [6.07, 6.45) is 3.90. The molecule has 56 heavy (non-hydrogen) atoms. The van der Waals surface area contributed by atoms with Crippen LogP contribution in [-0.4, -0.2) is 99.6 Å². The number of allylic oxidation sites excluding steroid dienone is 1. The average Bonchev–Trinajstić information content (AvgIpc) is 3.44. The van der Waals surface area contributed by atoms with Gasteiger partial charge in [-0.2, -0.15) is 8.42 Å². The Morgan fingerprint density at radius 3 is 2.34 bits per heavy atom. The van der Waals surface area contributed by atoms with Gasteiger partial charge in [0.1, 0.15) is 35.0 Å². The first kappa shape index (κ1) is 40.3. The molecule has 5 amide bonds. The highest BCUT2D eigenvalue weighted by molar-refractivity contribution is 7.90. The molecular weight excluding hydrogens is 749 g/mol. The van der Waals surface area contributed by atoms with Gasteiger partial charge in [-0.15, -0.1) is 0 Å². The number of carboxylic acid groups (broad SMARTS) is 1. The van der Waals surface area contributed by atoms with E-state index in [9.17, 15) is 42.3 Å². The number of carbonyl (C=O) groups is 6. The zero-order valence-corrected chi connectivity index (χ0v) is 32.6. The number of ether oxygens (including phenoxy) is 2. The van der Waals surface area contributed by atoms with Gasteiger partial charge in [-0.1, -0.05) is 49.3 Å². The van der Waals surface area contributed by atoms with E-state index >= 15 is 0 Å². The van der Waals surface area contributed by atoms with Gasteiger partial charge in [0.15, 0.2) is 5.03 Å². The van der Waals surface area contributed by atoms with Crippen molar-refractivity contribution in [3.05, 3.63) is 65.4 Å². The molecule has 0 unspecified atom stereocenters. The molecule has 6 rings (SSSR count). The molecule has 3 aliphatic heterocycles. The lowest BCUT2D eigenvalue weighted by molar-refractivity contribution is -0.141. The number of hydrogen-bond donors (Lipinski definition) is 4. The molecule has 1 saturated carbocycles. The van der Waals surface area contributed by atoms with Crippen LogP contribution >= 0.6 is 0 Å². The van der Waals surface area contributed by atoms with Crippen molar-refractivity contribution in [1.29, 1.82) is 0 Å². The summed E-state index contributed by atoms with van der Waals surface area (Å²) in [5.74, 6) is -4.41. The van der Waals surface area contributed by atoms with Crippen molar-refractivity contribution >= 4 is 45.9 Å². The van der Waals surface area contributed by atoms with E-state index in [0.29, 0.717) is 38.8 Å². The smallest absolute Gasteiger partial charge is 0.410 e. The molecule has 1 aromatic carbocycles. The standard InChI is InChI=1S/C38H48N6O11S/c1-37(2,3)55-35(50)39-27-15-9-7-5-6-8-14-25-19-38(25,34(49)41-56(52,53)30-17-16-28(33(47)48)42(30)4)40-31(45)29-18-26(22-44(29)32(27)46)54-36(51)43-20-23-12-10-11-13-24(23)21-43/h8,10-14,16-17,25-27,29H,5-7,9,15,18-22H2,1-4H3,(H,39,50)(H,40,45)(H,41,49)(H,47,48)/b14-8-/t25-,26-,27+,29+,38-/m1/s1. The van der Waals surface area contributed by atoms with Crippen LogP contribution in [0.4, 0.5) is 9.59 Å². The normalized spacial score (nSPS) is 26.0. The third-order valence-electron chi connectivity index (χ3n) is 10.5. The predicted molar refractivity (Wildman–Crippen MR) is 198 cm³/mol. The molecule has 0 radical (unpaired) electrons. The third-order valence-corrected chi connectivity index (χ3v) is 11.9. The van der Waals surface area contributed by atoms with E-state index in [2.05, 4.69) is 10.6 Å². The summed E-state index contributed by atoms with van der Waals surface area (Å²) in [6.45, 7) is 5.52. The number of nitrogens with zero attached hydrogens (tertiary/aromatic N) is 3. The highest BCUT2D eigenvalue weighted by Crippen LogP contribution is 2.46. The van der Waals surface area contributed by atoms with Gasteiger partial charge in [-0.05, 0) is 69.7 Å². The van der Waals surface area contributed by atoms with Gasteiger partial charge >= 0.3 is 18.2 Å². The van der Waals surface area contributed by atoms with Gasteiger partial charge in [0, 0.05) is 32.5 Å². The number of nitrogens with one attached hydrogen (secondary N) is 3. The number of hydrogen-bond acceptors (Lipinski definition) is 10. The van der Waals surface area contributed by atoms with Gasteiger partial charge in [0.2, 0.25) is 11.8 Å². The van der Waals surface area contributed by atoms with Crippen LogP contribution in [0.5, 0.6) is 0 Å². The van der Waals surface area contributed by atoms with Gasteiger partial charge in [-0.3, -0.25) is 19.3 Å². The topological polar surface area (TPSA) is 223 Å². The molecule has 17 nitrogen and oxygen atoms in total. The third kappa shape index (κ3) is 8.69. The molecular formula is C38H48N6O11S. The van der Waals surface area contributed by atoms with Crippen LogP contribution in [0.25, 0.3) is 0 Å². The van der Waals surface area contributed by atoms with E-state index in [1.165, 1.54) is 16.8 Å². The van der Waals surface area contributed by atoms with Crippen LogP contribution in [-0.2, 0) is 54.0 Å². The number of fused-ring (bicyclic) bond motifs is 3. The Kier molecular flexibility index (Phi) is 11.2. The number of aromatic nitrogens is 1. The molecule has 18 heteroatoms. The van der Waals surface area contributed by atoms with Crippen LogP contribution in [0.2, 0.25) is 0 Å². The highest BCUT2D eigenvalue weighted by atomic mass is 32.2. The largest absolute Gasteiger partial charge is 0.477 e. The van der Waals surface area contributed by atoms with Crippen molar-refractivity contribution in [1.82, 2.24) is 29.7 Å². The molecule has 1 aromatic heterocycles. The van der Waals surface area contributed by atoms with Crippen molar-refractivity contribution in [2.45, 2.75) is 113 Å². The maximum Gasteiger partial charge on any atom is 0.410 e. The minimum Gasteiger partial charge on any atom is -0.477 e. The summed E-state index contributed by atoms with van der Waals surface area (Å²) in [5, 5.41) is 14.4. The summed E-state index contributed by atoms with van der Waals surface area (Å²) in [5.41, 5.74) is -0.961. The second-order valence-corrected chi connectivity index (χ2v) is 17.4. The van der Waals surface area contributed by atoms with Crippen LogP contribution in [0.3, 0.4) is 0 Å². The molecule has 302 valence electrons. The van der Waals surface area contributed by atoms with Gasteiger partial charge < -0.3 is 34.7 Å². The van der Waals surface area contributed by atoms with E-state index < -0.39 is 86.2 Å². The first-order valence-electron chi connectivity index (χ1n) is 18.7. The predicted octanol–water partition coefficient (Wildman–Crippen LogP) is 2.94. The summed E-state index contributed by atoms with van der Waals surface area (Å²) < 4.78 is 41.1. The number of benzene rings is 1. The summed E-state index contributed by atoms with van der Waals surface area (Å²) in [6, 6.07) is 7.37. The molecule has 0 spiro atoms. The van der Waals surface area contributed by atoms with E-state index in [0.717, 1.165) is 27.8 Å². The molecule has 4 aliphatic rings. The van der Waals surface area contributed by atoms with Crippen LogP contribution in [0.1, 0.15) is 87.3 Å². The summed E-state index contributed by atoms with van der Waals surface area (Å²) >= 11 is 0. The minimum absolute atomic E-state index is 0.0432. The average molecular weight is 797 g/mol. The van der Waals surface area contributed by atoms with E-state index in [4.69, 9.17) is 9.47 Å². The second kappa shape index (κ2) is 15.6.